The predicted octanol–water partition coefficient (Wildman–Crippen LogP) is 1.69. The number of likely N-dealkylation sites (tertiary alicyclic amines) is 1. The van der Waals surface area contributed by atoms with Gasteiger partial charge >= 0.3 is 0 Å². The van der Waals surface area contributed by atoms with Crippen molar-refractivity contribution in [1.82, 2.24) is 4.90 Å². The molecule has 0 bridgehead atoms. The highest BCUT2D eigenvalue weighted by atomic mass is 16.6. The van der Waals surface area contributed by atoms with Gasteiger partial charge in [0.05, 0.1) is 12.7 Å². The lowest BCUT2D eigenvalue weighted by Gasteiger charge is -2.24. The number of ether oxygens (including phenoxy) is 4. The second kappa shape index (κ2) is 6.64. The molecule has 0 radical (unpaired) electrons. The number of rotatable bonds is 5. The molecule has 0 unspecified atom stereocenters. The summed E-state index contributed by atoms with van der Waals surface area (Å²) in [7, 11) is 3.53. The molecule has 0 aromatic heterocycles. The summed E-state index contributed by atoms with van der Waals surface area (Å²) in [5.41, 5.74) is 1.23. The largest absolute Gasteiger partial charge is 0.486 e. The van der Waals surface area contributed by atoms with Crippen LogP contribution in [0, 0.1) is 0 Å². The Balaban J connectivity index is 1.69. The third kappa shape index (κ3) is 3.31. The van der Waals surface area contributed by atoms with Crippen LogP contribution in [-0.2, 0) is 16.0 Å². The molecule has 2 atom stereocenters. The molecule has 2 aliphatic heterocycles. The van der Waals surface area contributed by atoms with Gasteiger partial charge in [0.15, 0.2) is 11.5 Å². The van der Waals surface area contributed by atoms with E-state index in [4.69, 9.17) is 18.9 Å². The first-order chi connectivity index (χ1) is 10.3. The van der Waals surface area contributed by atoms with Crippen molar-refractivity contribution in [2.75, 3.05) is 40.6 Å². The minimum Gasteiger partial charge on any atom is -0.486 e. The molecular formula is C16H23NO4. The fraction of sp³-hybridized carbons (Fsp3) is 0.625. The zero-order chi connectivity index (χ0) is 14.7. The molecule has 116 valence electrons. The van der Waals surface area contributed by atoms with E-state index in [1.165, 1.54) is 5.56 Å². The zero-order valence-corrected chi connectivity index (χ0v) is 12.7. The molecule has 2 heterocycles. The highest BCUT2D eigenvalue weighted by Gasteiger charge is 2.32. The third-order valence-corrected chi connectivity index (χ3v) is 4.17. The van der Waals surface area contributed by atoms with Crippen LogP contribution in [0.2, 0.25) is 0 Å². The lowest BCUT2D eigenvalue weighted by atomic mass is 10.1. The molecule has 1 saturated heterocycles. The smallest absolute Gasteiger partial charge is 0.161 e. The third-order valence-electron chi connectivity index (χ3n) is 4.17. The Labute approximate surface area is 125 Å². The van der Waals surface area contributed by atoms with Gasteiger partial charge in [0, 0.05) is 33.4 Å². The van der Waals surface area contributed by atoms with Gasteiger partial charge in [-0.05, 0) is 24.1 Å². The van der Waals surface area contributed by atoms with Gasteiger partial charge in [-0.3, -0.25) is 4.90 Å². The predicted molar refractivity (Wildman–Crippen MR) is 78.9 cm³/mol. The maximum atomic E-state index is 5.65. The van der Waals surface area contributed by atoms with E-state index in [-0.39, 0.29) is 0 Å². The number of methoxy groups -OCH3 is 2. The molecule has 0 saturated carbocycles. The number of nitrogens with zero attached hydrogens (tertiary/aromatic N) is 1. The van der Waals surface area contributed by atoms with E-state index in [1.54, 1.807) is 14.2 Å². The van der Waals surface area contributed by atoms with Gasteiger partial charge in [-0.2, -0.15) is 0 Å². The molecule has 0 N–H and O–H groups in total. The molecule has 1 aromatic carbocycles. The Kier molecular flexibility index (Phi) is 4.63. The summed E-state index contributed by atoms with van der Waals surface area (Å²) in [6.07, 6.45) is 1.32. The van der Waals surface area contributed by atoms with E-state index in [9.17, 15) is 0 Å². The topological polar surface area (TPSA) is 40.2 Å². The summed E-state index contributed by atoms with van der Waals surface area (Å²) < 4.78 is 22.1. The van der Waals surface area contributed by atoms with Crippen LogP contribution >= 0.6 is 0 Å². The van der Waals surface area contributed by atoms with Gasteiger partial charge in [0.1, 0.15) is 13.2 Å². The van der Waals surface area contributed by atoms with Crippen LogP contribution in [0.15, 0.2) is 18.2 Å². The fourth-order valence-corrected chi connectivity index (χ4v) is 3.09. The Hall–Kier alpha value is -1.30. The number of hydrogen-bond acceptors (Lipinski definition) is 5. The van der Waals surface area contributed by atoms with Gasteiger partial charge in [0.25, 0.3) is 0 Å². The monoisotopic (exact) mass is 293 g/mol. The maximum Gasteiger partial charge on any atom is 0.161 e. The van der Waals surface area contributed by atoms with Crippen molar-refractivity contribution in [1.29, 1.82) is 0 Å². The van der Waals surface area contributed by atoms with E-state index in [2.05, 4.69) is 17.0 Å². The van der Waals surface area contributed by atoms with Crippen molar-refractivity contribution in [2.45, 2.75) is 25.1 Å². The quantitative estimate of drug-likeness (QED) is 0.826. The van der Waals surface area contributed by atoms with E-state index in [0.717, 1.165) is 37.6 Å². The SMILES string of the molecule is COC[C@@H]1C[C@@H](OC)CN1Cc1ccc2c(c1)OCCO2. The second-order valence-electron chi connectivity index (χ2n) is 5.61. The summed E-state index contributed by atoms with van der Waals surface area (Å²) in [5, 5.41) is 0. The molecular weight excluding hydrogens is 270 g/mol. The van der Waals surface area contributed by atoms with E-state index >= 15 is 0 Å². The first-order valence-electron chi connectivity index (χ1n) is 7.44. The molecule has 1 aromatic rings. The number of hydrogen-bond donors (Lipinski definition) is 0. The average molecular weight is 293 g/mol. The van der Waals surface area contributed by atoms with Crippen LogP contribution in [0.3, 0.4) is 0 Å². The Morgan fingerprint density at radius 1 is 1.19 bits per heavy atom. The molecule has 21 heavy (non-hydrogen) atoms. The summed E-state index contributed by atoms with van der Waals surface area (Å²) in [6.45, 7) is 3.82. The lowest BCUT2D eigenvalue weighted by molar-refractivity contribution is 0.106. The summed E-state index contributed by atoms with van der Waals surface area (Å²) in [4.78, 5) is 2.42. The zero-order valence-electron chi connectivity index (χ0n) is 12.7. The minimum atomic E-state index is 0.294. The molecule has 2 aliphatic rings. The molecule has 5 heteroatoms. The van der Waals surface area contributed by atoms with Crippen molar-refractivity contribution < 1.29 is 18.9 Å². The summed E-state index contributed by atoms with van der Waals surface area (Å²) in [5.74, 6) is 1.69. The molecule has 3 rings (SSSR count). The van der Waals surface area contributed by atoms with E-state index < -0.39 is 0 Å². The van der Waals surface area contributed by atoms with Crippen LogP contribution in [0.5, 0.6) is 11.5 Å². The van der Waals surface area contributed by atoms with Gasteiger partial charge in [0.2, 0.25) is 0 Å². The number of benzene rings is 1. The Bertz CT molecular complexity index is 479. The van der Waals surface area contributed by atoms with Crippen molar-refractivity contribution in [3.8, 4) is 11.5 Å². The van der Waals surface area contributed by atoms with Crippen molar-refractivity contribution in [3.05, 3.63) is 23.8 Å². The van der Waals surface area contributed by atoms with Crippen LogP contribution in [0.25, 0.3) is 0 Å². The summed E-state index contributed by atoms with van der Waals surface area (Å²) >= 11 is 0. The van der Waals surface area contributed by atoms with Gasteiger partial charge in [-0.15, -0.1) is 0 Å². The fourth-order valence-electron chi connectivity index (χ4n) is 3.09. The number of fused-ring (bicyclic) bond motifs is 1. The van der Waals surface area contributed by atoms with Crippen LogP contribution < -0.4 is 9.47 Å². The van der Waals surface area contributed by atoms with Crippen molar-refractivity contribution >= 4 is 0 Å². The van der Waals surface area contributed by atoms with Crippen molar-refractivity contribution in [3.63, 3.8) is 0 Å². The first kappa shape index (κ1) is 14.6. The van der Waals surface area contributed by atoms with Crippen LogP contribution in [-0.4, -0.2) is 57.6 Å². The Morgan fingerprint density at radius 3 is 2.76 bits per heavy atom. The van der Waals surface area contributed by atoms with Gasteiger partial charge < -0.3 is 18.9 Å². The van der Waals surface area contributed by atoms with Crippen LogP contribution in [0.1, 0.15) is 12.0 Å². The Morgan fingerprint density at radius 2 is 2.00 bits per heavy atom. The second-order valence-corrected chi connectivity index (χ2v) is 5.61. The molecule has 1 fully saturated rings. The average Bonchev–Trinajstić information content (AvgIpc) is 2.90. The van der Waals surface area contributed by atoms with Crippen molar-refractivity contribution in [2.24, 2.45) is 0 Å². The normalized spacial score (nSPS) is 25.2. The molecule has 0 amide bonds. The molecule has 0 spiro atoms. The highest BCUT2D eigenvalue weighted by Crippen LogP contribution is 2.32. The van der Waals surface area contributed by atoms with Gasteiger partial charge in [-0.25, -0.2) is 0 Å². The summed E-state index contributed by atoms with van der Waals surface area (Å²) in [6, 6.07) is 6.60. The van der Waals surface area contributed by atoms with E-state index in [1.807, 2.05) is 6.07 Å². The minimum absolute atomic E-state index is 0.294. The van der Waals surface area contributed by atoms with Crippen LogP contribution in [0.4, 0.5) is 0 Å². The van der Waals surface area contributed by atoms with Gasteiger partial charge in [-0.1, -0.05) is 6.07 Å². The highest BCUT2D eigenvalue weighted by molar-refractivity contribution is 5.43. The standard InChI is InChI=1S/C16H23NO4/c1-18-11-13-8-14(19-2)10-17(13)9-12-3-4-15-16(7-12)21-6-5-20-15/h3-4,7,13-14H,5-6,8-11H2,1-2H3/t13-,14+/m0/s1. The molecule has 5 nitrogen and oxygen atoms in total. The molecule has 0 aliphatic carbocycles. The lowest BCUT2D eigenvalue weighted by Crippen LogP contribution is -2.32. The first-order valence-corrected chi connectivity index (χ1v) is 7.44. The van der Waals surface area contributed by atoms with E-state index in [0.29, 0.717) is 25.4 Å². The maximum absolute atomic E-state index is 5.65.